The third-order valence-corrected chi connectivity index (χ3v) is 6.83. The molecule has 3 nitrogen and oxygen atoms in total. The average molecular weight is 370 g/mol. The lowest BCUT2D eigenvalue weighted by Crippen LogP contribution is -2.51. The van der Waals surface area contributed by atoms with Crippen molar-refractivity contribution in [2.75, 3.05) is 7.05 Å². The second kappa shape index (κ2) is 7.87. The summed E-state index contributed by atoms with van der Waals surface area (Å²) in [5.41, 5.74) is 1.14. The third-order valence-electron chi connectivity index (χ3n) is 5.68. The molecule has 138 valence electrons. The smallest absolute Gasteiger partial charge is 0.195 e. The van der Waals surface area contributed by atoms with Gasteiger partial charge in [-0.15, -0.1) is 11.3 Å². The largest absolute Gasteiger partial charge is 0.372 e. The Bertz CT molecular complexity index is 951. The van der Waals surface area contributed by atoms with Gasteiger partial charge in [0.15, 0.2) is 5.43 Å². The SMILES string of the molecule is CCC(CC)(NC)C(C)OCc1ccc2sc3ccccc3c(=O)c2c1. The summed E-state index contributed by atoms with van der Waals surface area (Å²) in [6.07, 6.45) is 2.11. The molecule has 1 heterocycles. The zero-order valence-corrected chi connectivity index (χ0v) is 16.8. The minimum absolute atomic E-state index is 0.0151. The molecular formula is C22H27NO2S. The first-order valence-electron chi connectivity index (χ1n) is 9.29. The number of ether oxygens (including phenoxy) is 1. The summed E-state index contributed by atoms with van der Waals surface area (Å²) in [5, 5.41) is 5.02. The predicted molar refractivity (Wildman–Crippen MR) is 112 cm³/mol. The number of hydrogen-bond acceptors (Lipinski definition) is 4. The van der Waals surface area contributed by atoms with Crippen LogP contribution < -0.4 is 10.7 Å². The highest BCUT2D eigenvalue weighted by Crippen LogP contribution is 2.26. The summed E-state index contributed by atoms with van der Waals surface area (Å²) in [6.45, 7) is 7.01. The summed E-state index contributed by atoms with van der Waals surface area (Å²) in [4.78, 5) is 12.8. The number of rotatable bonds is 7. The maximum atomic E-state index is 12.8. The van der Waals surface area contributed by atoms with Gasteiger partial charge in [0.25, 0.3) is 0 Å². The van der Waals surface area contributed by atoms with E-state index in [1.165, 1.54) is 0 Å². The van der Waals surface area contributed by atoms with Crippen LogP contribution >= 0.6 is 11.3 Å². The molecule has 0 radical (unpaired) electrons. The van der Waals surface area contributed by atoms with E-state index in [-0.39, 0.29) is 17.1 Å². The second-order valence-electron chi connectivity index (χ2n) is 6.82. The highest BCUT2D eigenvalue weighted by molar-refractivity contribution is 7.24. The van der Waals surface area contributed by atoms with Crippen molar-refractivity contribution in [1.29, 1.82) is 0 Å². The molecule has 0 saturated carbocycles. The molecule has 0 aliphatic rings. The molecule has 4 heteroatoms. The Morgan fingerprint density at radius 2 is 1.77 bits per heavy atom. The van der Waals surface area contributed by atoms with Crippen molar-refractivity contribution in [3.63, 3.8) is 0 Å². The summed E-state index contributed by atoms with van der Waals surface area (Å²) < 4.78 is 8.24. The number of hydrogen-bond donors (Lipinski definition) is 1. The topological polar surface area (TPSA) is 38.3 Å². The molecule has 1 N–H and O–H groups in total. The van der Waals surface area contributed by atoms with Crippen molar-refractivity contribution < 1.29 is 4.74 Å². The van der Waals surface area contributed by atoms with Crippen LogP contribution in [0, 0.1) is 0 Å². The summed E-state index contributed by atoms with van der Waals surface area (Å²) in [5.74, 6) is 0. The number of benzene rings is 2. The van der Waals surface area contributed by atoms with Crippen LogP contribution in [-0.4, -0.2) is 18.7 Å². The van der Waals surface area contributed by atoms with Gasteiger partial charge in [0, 0.05) is 25.7 Å². The molecule has 0 aliphatic heterocycles. The van der Waals surface area contributed by atoms with E-state index in [2.05, 4.69) is 32.2 Å². The monoisotopic (exact) mass is 369 g/mol. The third kappa shape index (κ3) is 3.41. The van der Waals surface area contributed by atoms with E-state index in [1.54, 1.807) is 11.3 Å². The lowest BCUT2D eigenvalue weighted by Gasteiger charge is -2.37. The van der Waals surface area contributed by atoms with Crippen LogP contribution in [0.2, 0.25) is 0 Å². The summed E-state index contributed by atoms with van der Waals surface area (Å²) in [6, 6.07) is 13.9. The highest BCUT2D eigenvalue weighted by Gasteiger charge is 2.31. The van der Waals surface area contributed by atoms with Crippen LogP contribution in [0.4, 0.5) is 0 Å². The number of nitrogens with one attached hydrogen (secondary N) is 1. The van der Waals surface area contributed by atoms with E-state index in [9.17, 15) is 4.79 Å². The van der Waals surface area contributed by atoms with Crippen molar-refractivity contribution in [3.05, 3.63) is 58.3 Å². The fourth-order valence-corrected chi connectivity index (χ4v) is 4.75. The van der Waals surface area contributed by atoms with E-state index in [0.29, 0.717) is 6.61 Å². The van der Waals surface area contributed by atoms with Crippen molar-refractivity contribution in [1.82, 2.24) is 5.32 Å². The molecule has 1 unspecified atom stereocenters. The van der Waals surface area contributed by atoms with Crippen molar-refractivity contribution in [2.24, 2.45) is 0 Å². The summed E-state index contributed by atoms with van der Waals surface area (Å²) in [7, 11) is 2.00. The van der Waals surface area contributed by atoms with Gasteiger partial charge in [-0.05, 0) is 56.6 Å². The van der Waals surface area contributed by atoms with Gasteiger partial charge in [-0.1, -0.05) is 32.0 Å². The minimum atomic E-state index is -0.0151. The molecule has 3 aromatic rings. The standard InChI is InChI=1S/C22H27NO2S/c1-5-22(6-2,23-4)15(3)25-14-16-11-12-20-18(13-16)21(24)17-9-7-8-10-19(17)26-20/h7-13,15,23H,5-6,14H2,1-4H3. The Morgan fingerprint density at radius 1 is 1.08 bits per heavy atom. The molecule has 0 spiro atoms. The highest BCUT2D eigenvalue weighted by atomic mass is 32.1. The maximum Gasteiger partial charge on any atom is 0.195 e. The molecule has 26 heavy (non-hydrogen) atoms. The van der Waals surface area contributed by atoms with Gasteiger partial charge in [-0.2, -0.15) is 0 Å². The van der Waals surface area contributed by atoms with Crippen LogP contribution in [-0.2, 0) is 11.3 Å². The van der Waals surface area contributed by atoms with Crippen LogP contribution in [0.15, 0.2) is 47.3 Å². The first-order valence-corrected chi connectivity index (χ1v) is 10.1. The fraction of sp³-hybridized carbons (Fsp3) is 0.409. The van der Waals surface area contributed by atoms with E-state index < -0.39 is 0 Å². The summed E-state index contributed by atoms with van der Waals surface area (Å²) >= 11 is 1.66. The molecular weight excluding hydrogens is 342 g/mol. The quantitative estimate of drug-likeness (QED) is 0.589. The molecule has 1 atom stereocenters. The van der Waals surface area contributed by atoms with E-state index in [1.807, 2.05) is 43.4 Å². The van der Waals surface area contributed by atoms with Gasteiger partial charge in [-0.25, -0.2) is 0 Å². The van der Waals surface area contributed by atoms with E-state index in [4.69, 9.17) is 4.74 Å². The number of fused-ring (bicyclic) bond motifs is 2. The fourth-order valence-electron chi connectivity index (χ4n) is 3.70. The van der Waals surface area contributed by atoms with Crippen LogP contribution in [0.5, 0.6) is 0 Å². The molecule has 0 fully saturated rings. The van der Waals surface area contributed by atoms with Crippen molar-refractivity contribution >= 4 is 31.5 Å². The van der Waals surface area contributed by atoms with Gasteiger partial charge < -0.3 is 10.1 Å². The molecule has 0 bridgehead atoms. The predicted octanol–water partition coefficient (Wildman–Crippen LogP) is 5.10. The maximum absolute atomic E-state index is 12.8. The van der Waals surface area contributed by atoms with Gasteiger partial charge in [-0.3, -0.25) is 4.79 Å². The van der Waals surface area contributed by atoms with Gasteiger partial charge >= 0.3 is 0 Å². The Labute approximate surface area is 159 Å². The Kier molecular flexibility index (Phi) is 5.76. The molecule has 0 aliphatic carbocycles. The lowest BCUT2D eigenvalue weighted by atomic mass is 9.87. The second-order valence-corrected chi connectivity index (χ2v) is 7.91. The Morgan fingerprint density at radius 3 is 2.46 bits per heavy atom. The zero-order valence-electron chi connectivity index (χ0n) is 16.0. The van der Waals surface area contributed by atoms with E-state index >= 15 is 0 Å². The molecule has 2 aromatic carbocycles. The van der Waals surface area contributed by atoms with Crippen LogP contribution in [0.25, 0.3) is 20.2 Å². The minimum Gasteiger partial charge on any atom is -0.372 e. The molecule has 3 rings (SSSR count). The van der Waals surface area contributed by atoms with E-state index in [0.717, 1.165) is 38.6 Å². The lowest BCUT2D eigenvalue weighted by molar-refractivity contribution is -0.0153. The van der Waals surface area contributed by atoms with Gasteiger partial charge in [0.05, 0.1) is 12.7 Å². The van der Waals surface area contributed by atoms with Crippen molar-refractivity contribution in [2.45, 2.75) is 51.9 Å². The normalized spacial score (nSPS) is 13.4. The molecule has 0 amide bonds. The van der Waals surface area contributed by atoms with Crippen molar-refractivity contribution in [3.8, 4) is 0 Å². The van der Waals surface area contributed by atoms with Gasteiger partial charge in [0.2, 0.25) is 0 Å². The van der Waals surface area contributed by atoms with Crippen LogP contribution in [0.3, 0.4) is 0 Å². The van der Waals surface area contributed by atoms with Crippen LogP contribution in [0.1, 0.15) is 39.2 Å². The Balaban J connectivity index is 1.89. The van der Waals surface area contributed by atoms with Gasteiger partial charge in [0.1, 0.15) is 0 Å². The zero-order chi connectivity index (χ0) is 18.7. The number of likely N-dealkylation sites (N-methyl/N-ethyl adjacent to an activating group) is 1. The Hall–Kier alpha value is -1.75. The average Bonchev–Trinajstić information content (AvgIpc) is 2.68. The first-order chi connectivity index (χ1) is 12.5. The molecule has 1 aromatic heterocycles. The first kappa shape index (κ1) is 19.0. The molecule has 0 saturated heterocycles.